The van der Waals surface area contributed by atoms with Crippen molar-refractivity contribution < 1.29 is 0 Å². The van der Waals surface area contributed by atoms with Crippen molar-refractivity contribution in [1.29, 1.82) is 0 Å². The third kappa shape index (κ3) is 6.80. The van der Waals surface area contributed by atoms with Crippen molar-refractivity contribution in [3.05, 3.63) is 72.7 Å². The average molecular weight is 510 g/mol. The Hall–Kier alpha value is -4.11. The van der Waals surface area contributed by atoms with Crippen molar-refractivity contribution in [2.45, 2.75) is 39.7 Å². The van der Waals surface area contributed by atoms with Crippen LogP contribution in [0.5, 0.6) is 0 Å². The molecule has 4 aromatic rings. The molecule has 1 fully saturated rings. The van der Waals surface area contributed by atoms with E-state index in [1.54, 1.807) is 24.5 Å². The Labute approximate surface area is 224 Å². The zero-order valence-corrected chi connectivity index (χ0v) is 22.2. The van der Waals surface area contributed by atoms with Crippen LogP contribution in [0, 0.1) is 12.8 Å². The molecule has 0 atom stereocenters. The van der Waals surface area contributed by atoms with E-state index in [0.29, 0.717) is 35.4 Å². The summed E-state index contributed by atoms with van der Waals surface area (Å²) in [5, 5.41) is 10.2. The Morgan fingerprint density at radius 1 is 0.842 bits per heavy atom. The first kappa shape index (κ1) is 25.5. The van der Waals surface area contributed by atoms with E-state index in [9.17, 15) is 0 Å². The lowest BCUT2D eigenvalue weighted by atomic mass is 10.0. The van der Waals surface area contributed by atoms with Gasteiger partial charge in [0.2, 0.25) is 5.95 Å². The molecule has 0 saturated carbocycles. The Morgan fingerprint density at radius 2 is 1.58 bits per heavy atom. The Balaban J connectivity index is 1.18. The molecular formula is C29H35N9. The number of hydrogen-bond donors (Lipinski definition) is 3. The van der Waals surface area contributed by atoms with Gasteiger partial charge in [0.1, 0.15) is 17.3 Å². The van der Waals surface area contributed by atoms with Gasteiger partial charge in [0.05, 0.1) is 0 Å². The first-order valence-corrected chi connectivity index (χ1v) is 13.2. The molecule has 196 valence electrons. The van der Waals surface area contributed by atoms with Crippen LogP contribution in [0.2, 0.25) is 0 Å². The third-order valence-electron chi connectivity index (χ3n) is 6.48. The molecule has 1 aliphatic heterocycles. The molecule has 1 saturated heterocycles. The van der Waals surface area contributed by atoms with Crippen LogP contribution in [0.15, 0.2) is 67.0 Å². The van der Waals surface area contributed by atoms with Gasteiger partial charge in [-0.25, -0.2) is 19.9 Å². The lowest BCUT2D eigenvalue weighted by Gasteiger charge is -2.34. The molecule has 9 heteroatoms. The minimum atomic E-state index is 0.509. The van der Waals surface area contributed by atoms with E-state index < -0.39 is 0 Å². The molecule has 5 rings (SSSR count). The van der Waals surface area contributed by atoms with E-state index in [0.717, 1.165) is 36.7 Å². The number of aryl methyl sites for hydroxylation is 1. The van der Waals surface area contributed by atoms with Crippen LogP contribution in [-0.4, -0.2) is 50.6 Å². The summed E-state index contributed by atoms with van der Waals surface area (Å²) in [4.78, 5) is 24.9. The predicted molar refractivity (Wildman–Crippen MR) is 153 cm³/mol. The lowest BCUT2D eigenvalue weighted by molar-refractivity contribution is 0.392. The topological polar surface area (TPSA) is 104 Å². The van der Waals surface area contributed by atoms with E-state index in [1.165, 1.54) is 18.5 Å². The summed E-state index contributed by atoms with van der Waals surface area (Å²) in [6, 6.07) is 18.5. The van der Waals surface area contributed by atoms with Gasteiger partial charge in [0.15, 0.2) is 5.82 Å². The van der Waals surface area contributed by atoms with Crippen molar-refractivity contribution in [2.24, 2.45) is 5.92 Å². The Morgan fingerprint density at radius 3 is 2.32 bits per heavy atom. The molecule has 0 spiro atoms. The van der Waals surface area contributed by atoms with Crippen LogP contribution in [0.3, 0.4) is 0 Å². The summed E-state index contributed by atoms with van der Waals surface area (Å²) in [5.74, 6) is 3.03. The highest BCUT2D eigenvalue weighted by Gasteiger charge is 2.19. The molecule has 0 amide bonds. The molecule has 4 heterocycles. The van der Waals surface area contributed by atoms with Crippen molar-refractivity contribution in [1.82, 2.24) is 30.2 Å². The van der Waals surface area contributed by atoms with Crippen LogP contribution in [0.25, 0.3) is 11.5 Å². The zero-order valence-electron chi connectivity index (χ0n) is 22.2. The molecule has 1 aliphatic rings. The number of nitrogens with one attached hydrogen (secondary N) is 3. The van der Waals surface area contributed by atoms with Gasteiger partial charge in [-0.1, -0.05) is 19.9 Å². The molecular weight excluding hydrogens is 474 g/mol. The fourth-order valence-corrected chi connectivity index (χ4v) is 4.47. The van der Waals surface area contributed by atoms with E-state index >= 15 is 0 Å². The summed E-state index contributed by atoms with van der Waals surface area (Å²) in [7, 11) is 0. The first-order valence-electron chi connectivity index (χ1n) is 13.2. The lowest BCUT2D eigenvalue weighted by Crippen LogP contribution is -2.43. The largest absolute Gasteiger partial charge is 0.371 e. The molecule has 0 aliphatic carbocycles. The number of anilines is 5. The number of piperidine rings is 1. The normalized spacial score (nSPS) is 14.1. The standard InChI is InChI=1S/C29H35N9/c1-20(2)19-32-22-13-17-38(18-14-22)24-9-7-23(8-10-24)34-29-31-16-12-27(37-29)35-26-11-15-30-28(36-26)25-6-4-5-21(3)33-25/h4-12,15-16,20,22,32H,13-14,17-19H2,1-3H3,(H2,30,31,34,35,36,37). The number of nitrogens with zero attached hydrogens (tertiary/aromatic N) is 6. The average Bonchev–Trinajstić information content (AvgIpc) is 2.93. The van der Waals surface area contributed by atoms with Gasteiger partial charge in [-0.3, -0.25) is 0 Å². The highest BCUT2D eigenvalue weighted by atomic mass is 15.2. The van der Waals surface area contributed by atoms with Crippen LogP contribution in [-0.2, 0) is 0 Å². The van der Waals surface area contributed by atoms with Crippen LogP contribution in [0.1, 0.15) is 32.4 Å². The van der Waals surface area contributed by atoms with E-state index in [2.05, 4.69) is 83.9 Å². The Bertz CT molecular complexity index is 1330. The predicted octanol–water partition coefficient (Wildman–Crippen LogP) is 5.34. The second kappa shape index (κ2) is 12.0. The molecule has 1 aromatic carbocycles. The third-order valence-corrected chi connectivity index (χ3v) is 6.48. The summed E-state index contributed by atoms with van der Waals surface area (Å²) < 4.78 is 0. The number of rotatable bonds is 9. The van der Waals surface area contributed by atoms with Gasteiger partial charge in [0, 0.05) is 48.6 Å². The van der Waals surface area contributed by atoms with Crippen LogP contribution in [0.4, 0.5) is 29.0 Å². The molecule has 9 nitrogen and oxygen atoms in total. The molecule has 3 aromatic heterocycles. The number of benzene rings is 1. The summed E-state index contributed by atoms with van der Waals surface area (Å²) in [6.07, 6.45) is 5.78. The van der Waals surface area contributed by atoms with Crippen LogP contribution >= 0.6 is 0 Å². The highest BCUT2D eigenvalue weighted by Crippen LogP contribution is 2.24. The number of aromatic nitrogens is 5. The quantitative estimate of drug-likeness (QED) is 0.276. The van der Waals surface area contributed by atoms with Gasteiger partial charge in [-0.2, -0.15) is 4.98 Å². The number of pyridine rings is 1. The maximum Gasteiger partial charge on any atom is 0.229 e. The maximum atomic E-state index is 4.60. The highest BCUT2D eigenvalue weighted by molar-refractivity contribution is 5.61. The SMILES string of the molecule is Cc1cccc(-c2nccc(Nc3ccnc(Nc4ccc(N5CCC(NCC(C)C)CC5)cc4)n3)n2)n1. The zero-order chi connectivity index (χ0) is 26.3. The Kier molecular flexibility index (Phi) is 8.04. The first-order chi connectivity index (χ1) is 18.5. The van der Waals surface area contributed by atoms with Crippen molar-refractivity contribution in [3.8, 4) is 11.5 Å². The molecule has 3 N–H and O–H groups in total. The van der Waals surface area contributed by atoms with E-state index in [-0.39, 0.29) is 0 Å². The van der Waals surface area contributed by atoms with Gasteiger partial charge in [-0.15, -0.1) is 0 Å². The molecule has 0 bridgehead atoms. The van der Waals surface area contributed by atoms with E-state index in [4.69, 9.17) is 0 Å². The second-order valence-corrected chi connectivity index (χ2v) is 10.1. The van der Waals surface area contributed by atoms with Gasteiger partial charge in [0.25, 0.3) is 0 Å². The fourth-order valence-electron chi connectivity index (χ4n) is 4.47. The van der Waals surface area contributed by atoms with Gasteiger partial charge < -0.3 is 20.9 Å². The van der Waals surface area contributed by atoms with Crippen molar-refractivity contribution in [3.63, 3.8) is 0 Å². The van der Waals surface area contributed by atoms with Crippen molar-refractivity contribution >= 4 is 29.0 Å². The minimum absolute atomic E-state index is 0.509. The summed E-state index contributed by atoms with van der Waals surface area (Å²) >= 11 is 0. The second-order valence-electron chi connectivity index (χ2n) is 10.1. The summed E-state index contributed by atoms with van der Waals surface area (Å²) in [6.45, 7) is 9.70. The molecule has 0 unspecified atom stereocenters. The smallest absolute Gasteiger partial charge is 0.229 e. The van der Waals surface area contributed by atoms with E-state index in [1.807, 2.05) is 25.1 Å². The van der Waals surface area contributed by atoms with Crippen LogP contribution < -0.4 is 20.9 Å². The number of hydrogen-bond acceptors (Lipinski definition) is 9. The van der Waals surface area contributed by atoms with Crippen molar-refractivity contribution in [2.75, 3.05) is 35.2 Å². The molecule has 38 heavy (non-hydrogen) atoms. The maximum absolute atomic E-state index is 4.60. The monoisotopic (exact) mass is 509 g/mol. The molecule has 0 radical (unpaired) electrons. The minimum Gasteiger partial charge on any atom is -0.371 e. The fraction of sp³-hybridized carbons (Fsp3) is 0.345. The van der Waals surface area contributed by atoms with Gasteiger partial charge >= 0.3 is 0 Å². The summed E-state index contributed by atoms with van der Waals surface area (Å²) in [5.41, 5.74) is 3.84. The van der Waals surface area contributed by atoms with Gasteiger partial charge in [-0.05, 0) is 80.8 Å².